The average molecular weight is 335 g/mol. The lowest BCUT2D eigenvalue weighted by Gasteiger charge is -2.33. The summed E-state index contributed by atoms with van der Waals surface area (Å²) in [4.78, 5) is 4.63. The fourth-order valence-electron chi connectivity index (χ4n) is 3.47. The van der Waals surface area contributed by atoms with Gasteiger partial charge < -0.3 is 14.6 Å². The molecule has 1 heterocycles. The van der Waals surface area contributed by atoms with E-state index in [2.05, 4.69) is 4.98 Å². The van der Waals surface area contributed by atoms with Crippen LogP contribution in [0.25, 0.3) is 22.6 Å². The Morgan fingerprint density at radius 2 is 1.56 bits per heavy atom. The predicted octanol–water partition coefficient (Wildman–Crippen LogP) is 4.13. The summed E-state index contributed by atoms with van der Waals surface area (Å²) in [6.45, 7) is 0. The summed E-state index contributed by atoms with van der Waals surface area (Å²) in [5.74, 6) is 0.824. The fraction of sp³-hybridized carbons (Fsp3) is 0.286. The Morgan fingerprint density at radius 1 is 0.920 bits per heavy atom. The molecule has 0 bridgehead atoms. The second kappa shape index (κ2) is 6.47. The molecule has 2 N–H and O–H groups in total. The topological polar surface area (TPSA) is 66.5 Å². The normalized spacial score (nSPS) is 23.5. The van der Waals surface area contributed by atoms with Gasteiger partial charge in [0.15, 0.2) is 11.4 Å². The summed E-state index contributed by atoms with van der Waals surface area (Å²) >= 11 is 0. The highest BCUT2D eigenvalue weighted by molar-refractivity contribution is 5.76. The first-order valence-corrected chi connectivity index (χ1v) is 8.71. The van der Waals surface area contributed by atoms with Crippen LogP contribution in [0.5, 0.6) is 0 Å². The van der Waals surface area contributed by atoms with Crippen LogP contribution in [0.3, 0.4) is 0 Å². The lowest BCUT2D eigenvalue weighted by Crippen LogP contribution is -2.42. The minimum atomic E-state index is -1.42. The number of hydrogen-bond acceptors (Lipinski definition) is 4. The van der Waals surface area contributed by atoms with Crippen LogP contribution < -0.4 is 0 Å². The smallest absolute Gasteiger partial charge is 0.230 e. The quantitative estimate of drug-likeness (QED) is 0.755. The first kappa shape index (κ1) is 16.1. The molecule has 0 unspecified atom stereocenters. The van der Waals surface area contributed by atoms with Gasteiger partial charge in [0.05, 0.1) is 6.10 Å². The third-order valence-corrected chi connectivity index (χ3v) is 4.92. The van der Waals surface area contributed by atoms with Crippen LogP contribution in [0.4, 0.5) is 0 Å². The molecule has 2 atom stereocenters. The predicted molar refractivity (Wildman–Crippen MR) is 95.7 cm³/mol. The number of hydrogen-bond donors (Lipinski definition) is 2. The average Bonchev–Trinajstić information content (AvgIpc) is 3.12. The third-order valence-electron chi connectivity index (χ3n) is 4.92. The molecule has 4 heteroatoms. The van der Waals surface area contributed by atoms with E-state index >= 15 is 0 Å². The van der Waals surface area contributed by atoms with E-state index in [1.54, 1.807) is 0 Å². The molecule has 0 saturated heterocycles. The lowest BCUT2D eigenvalue weighted by atomic mass is 9.82. The van der Waals surface area contributed by atoms with Gasteiger partial charge in [-0.15, -0.1) is 0 Å². The molecule has 0 spiro atoms. The molecular formula is C21H21NO3. The van der Waals surface area contributed by atoms with Gasteiger partial charge in [-0.25, -0.2) is 4.98 Å². The lowest BCUT2D eigenvalue weighted by molar-refractivity contribution is -0.120. The summed E-state index contributed by atoms with van der Waals surface area (Å²) in [6.07, 6.45) is 1.91. The van der Waals surface area contributed by atoms with Crippen molar-refractivity contribution in [1.82, 2.24) is 4.98 Å². The minimum absolute atomic E-state index is 0.206. The second-order valence-corrected chi connectivity index (χ2v) is 6.61. The Balaban J connectivity index is 1.87. The van der Waals surface area contributed by atoms with Gasteiger partial charge >= 0.3 is 0 Å². The van der Waals surface area contributed by atoms with Crippen molar-refractivity contribution in [2.45, 2.75) is 37.4 Å². The minimum Gasteiger partial charge on any atom is -0.437 e. The number of aromatic nitrogens is 1. The summed E-state index contributed by atoms with van der Waals surface area (Å²) in [5.41, 5.74) is 1.08. The second-order valence-electron chi connectivity index (χ2n) is 6.61. The summed E-state index contributed by atoms with van der Waals surface area (Å²) < 4.78 is 6.05. The Hall–Kier alpha value is -2.43. The highest BCUT2D eigenvalue weighted by Crippen LogP contribution is 2.41. The molecule has 0 radical (unpaired) electrons. The number of nitrogens with zero attached hydrogens (tertiary/aromatic N) is 1. The molecule has 0 amide bonds. The van der Waals surface area contributed by atoms with E-state index in [1.807, 2.05) is 60.7 Å². The van der Waals surface area contributed by atoms with Gasteiger partial charge in [0, 0.05) is 11.1 Å². The Bertz CT molecular complexity index is 787. The summed E-state index contributed by atoms with van der Waals surface area (Å²) in [7, 11) is 0. The standard InChI is InChI=1S/C21H21NO3/c23-17-13-7-8-14-21(17,24)20-22-18(15-9-3-1-4-10-15)19(25-20)16-11-5-2-6-12-16/h1-6,9-12,17,23-24H,7-8,13-14H2/t17-,21+/m0/s1. The van der Waals surface area contributed by atoms with Crippen LogP contribution in [0, 0.1) is 0 Å². The number of rotatable bonds is 3. The van der Waals surface area contributed by atoms with Crippen molar-refractivity contribution < 1.29 is 14.6 Å². The van der Waals surface area contributed by atoms with E-state index < -0.39 is 11.7 Å². The van der Waals surface area contributed by atoms with Gasteiger partial charge in [-0.1, -0.05) is 67.1 Å². The van der Waals surface area contributed by atoms with Crippen molar-refractivity contribution in [1.29, 1.82) is 0 Å². The van der Waals surface area contributed by atoms with Crippen molar-refractivity contribution >= 4 is 0 Å². The van der Waals surface area contributed by atoms with E-state index in [4.69, 9.17) is 4.42 Å². The van der Waals surface area contributed by atoms with Gasteiger partial charge in [-0.05, 0) is 19.3 Å². The molecule has 1 saturated carbocycles. The zero-order chi connectivity index (χ0) is 17.3. The van der Waals surface area contributed by atoms with Crippen LogP contribution in [0.1, 0.15) is 31.6 Å². The van der Waals surface area contributed by atoms with Crippen molar-refractivity contribution in [3.8, 4) is 22.6 Å². The van der Waals surface area contributed by atoms with Crippen molar-refractivity contribution in [2.24, 2.45) is 0 Å². The van der Waals surface area contributed by atoms with Crippen LogP contribution in [0.2, 0.25) is 0 Å². The van der Waals surface area contributed by atoms with E-state index in [1.165, 1.54) is 0 Å². The molecule has 1 fully saturated rings. The van der Waals surface area contributed by atoms with Gasteiger partial charge in [-0.2, -0.15) is 0 Å². The highest BCUT2D eigenvalue weighted by atomic mass is 16.4. The molecule has 1 aliphatic rings. The van der Waals surface area contributed by atoms with Gasteiger partial charge in [0.2, 0.25) is 5.89 Å². The number of aliphatic hydroxyl groups is 2. The van der Waals surface area contributed by atoms with Crippen molar-refractivity contribution in [2.75, 3.05) is 0 Å². The molecule has 3 aromatic rings. The molecule has 4 nitrogen and oxygen atoms in total. The van der Waals surface area contributed by atoms with Gasteiger partial charge in [0.25, 0.3) is 0 Å². The Morgan fingerprint density at radius 3 is 2.20 bits per heavy atom. The number of aliphatic hydroxyl groups excluding tert-OH is 1. The molecule has 4 rings (SSSR count). The third kappa shape index (κ3) is 2.88. The van der Waals surface area contributed by atoms with Crippen molar-refractivity contribution in [3.63, 3.8) is 0 Å². The van der Waals surface area contributed by atoms with Crippen LogP contribution >= 0.6 is 0 Å². The van der Waals surface area contributed by atoms with Crippen molar-refractivity contribution in [3.05, 3.63) is 66.6 Å². The SMILES string of the molecule is O[C@H]1CCCC[C@]1(O)c1nc(-c2ccccc2)c(-c2ccccc2)o1. The molecule has 0 aliphatic heterocycles. The molecule has 1 aromatic heterocycles. The largest absolute Gasteiger partial charge is 0.437 e. The molecular weight excluding hydrogens is 314 g/mol. The monoisotopic (exact) mass is 335 g/mol. The number of benzene rings is 2. The Kier molecular flexibility index (Phi) is 4.15. The maximum atomic E-state index is 11.0. The van der Waals surface area contributed by atoms with Gasteiger partial charge in [0.1, 0.15) is 5.69 Å². The van der Waals surface area contributed by atoms with E-state index in [9.17, 15) is 10.2 Å². The van der Waals surface area contributed by atoms with E-state index in [-0.39, 0.29) is 5.89 Å². The Labute approximate surface area is 146 Å². The zero-order valence-corrected chi connectivity index (χ0v) is 13.9. The van der Waals surface area contributed by atoms with Crippen LogP contribution in [0.15, 0.2) is 65.1 Å². The molecule has 1 aliphatic carbocycles. The maximum absolute atomic E-state index is 11.0. The first-order chi connectivity index (χ1) is 12.2. The summed E-state index contributed by atoms with van der Waals surface area (Å²) in [6, 6.07) is 19.5. The maximum Gasteiger partial charge on any atom is 0.230 e. The zero-order valence-electron chi connectivity index (χ0n) is 13.9. The molecule has 2 aromatic carbocycles. The van der Waals surface area contributed by atoms with Gasteiger partial charge in [-0.3, -0.25) is 0 Å². The first-order valence-electron chi connectivity index (χ1n) is 8.71. The fourth-order valence-corrected chi connectivity index (χ4v) is 3.47. The van der Waals surface area contributed by atoms with Crippen LogP contribution in [-0.2, 0) is 5.60 Å². The van der Waals surface area contributed by atoms with E-state index in [0.29, 0.717) is 24.3 Å². The highest BCUT2D eigenvalue weighted by Gasteiger charge is 2.44. The van der Waals surface area contributed by atoms with Crippen LogP contribution in [-0.4, -0.2) is 21.3 Å². The summed E-state index contributed by atoms with van der Waals surface area (Å²) in [5, 5.41) is 21.4. The molecule has 25 heavy (non-hydrogen) atoms. The number of oxazole rings is 1. The van der Waals surface area contributed by atoms with E-state index in [0.717, 1.165) is 24.0 Å². The molecule has 128 valence electrons.